The Labute approximate surface area is 139 Å². The average molecular weight is 350 g/mol. The van der Waals surface area contributed by atoms with E-state index in [1.54, 1.807) is 13.2 Å². The third-order valence-electron chi connectivity index (χ3n) is 3.96. The molecular weight excluding hydrogens is 332 g/mol. The normalized spacial score (nSPS) is 19.1. The molecule has 128 valence electrons. The molecular formula is C16H18N2O5S. The Morgan fingerprint density at radius 2 is 2.25 bits per heavy atom. The van der Waals surface area contributed by atoms with E-state index >= 15 is 0 Å². The molecule has 1 aliphatic heterocycles. The minimum Gasteiger partial charge on any atom is -0.497 e. The maximum atomic E-state index is 12.0. The Hall–Kier alpha value is -2.35. The number of methoxy groups -OCH3 is 1. The molecule has 1 aliphatic rings. The van der Waals surface area contributed by atoms with Crippen molar-refractivity contribution in [3.05, 3.63) is 36.0 Å². The lowest BCUT2D eigenvalue weighted by Gasteiger charge is -2.07. The van der Waals surface area contributed by atoms with Gasteiger partial charge in [-0.3, -0.25) is 4.79 Å². The smallest absolute Gasteiger partial charge is 0.224 e. The molecule has 0 saturated carbocycles. The molecule has 1 aromatic heterocycles. The Balaban J connectivity index is 1.61. The van der Waals surface area contributed by atoms with E-state index in [0.29, 0.717) is 23.6 Å². The van der Waals surface area contributed by atoms with Crippen LogP contribution >= 0.6 is 0 Å². The minimum atomic E-state index is -3.07. The van der Waals surface area contributed by atoms with Crippen molar-refractivity contribution in [3.8, 4) is 17.1 Å². The van der Waals surface area contributed by atoms with Crippen molar-refractivity contribution in [2.75, 3.05) is 18.6 Å². The van der Waals surface area contributed by atoms with Crippen LogP contribution in [0.5, 0.6) is 5.75 Å². The highest BCUT2D eigenvalue weighted by Gasteiger charge is 2.32. The first kappa shape index (κ1) is 16.5. The number of benzene rings is 1. The van der Waals surface area contributed by atoms with Crippen molar-refractivity contribution < 1.29 is 22.5 Å². The van der Waals surface area contributed by atoms with Gasteiger partial charge in [-0.1, -0.05) is 17.3 Å². The van der Waals surface area contributed by atoms with E-state index in [1.807, 2.05) is 24.3 Å². The summed E-state index contributed by atoms with van der Waals surface area (Å²) in [5, 5.41) is 6.64. The Bertz CT molecular complexity index is 844. The molecule has 8 heteroatoms. The molecule has 2 heterocycles. The Morgan fingerprint density at radius 3 is 2.96 bits per heavy atom. The second-order valence-electron chi connectivity index (χ2n) is 5.73. The molecule has 1 N–H and O–H groups in total. The van der Waals surface area contributed by atoms with Gasteiger partial charge in [0, 0.05) is 11.6 Å². The number of ether oxygens (including phenoxy) is 1. The van der Waals surface area contributed by atoms with Crippen molar-refractivity contribution in [2.45, 2.75) is 13.0 Å². The SMILES string of the molecule is COc1cccc(-c2cc(CNC(=O)[C@@H]3CCS(=O)(=O)C3)no2)c1. The van der Waals surface area contributed by atoms with Gasteiger partial charge in [-0.2, -0.15) is 0 Å². The predicted octanol–water partition coefficient (Wildman–Crippen LogP) is 1.40. The van der Waals surface area contributed by atoms with Crippen LogP contribution in [0.2, 0.25) is 0 Å². The summed E-state index contributed by atoms with van der Waals surface area (Å²) >= 11 is 0. The number of nitrogens with zero attached hydrogens (tertiary/aromatic N) is 1. The Morgan fingerprint density at radius 1 is 1.42 bits per heavy atom. The van der Waals surface area contributed by atoms with Gasteiger partial charge in [0.2, 0.25) is 5.91 Å². The third-order valence-corrected chi connectivity index (χ3v) is 5.73. The standard InChI is InChI=1S/C16H18N2O5S/c1-22-14-4-2-3-11(7-14)15-8-13(18-23-15)9-17-16(19)12-5-6-24(20,21)10-12/h2-4,7-8,12H,5-6,9-10H2,1H3,(H,17,19)/t12-/m1/s1. The van der Waals surface area contributed by atoms with E-state index in [2.05, 4.69) is 10.5 Å². The number of rotatable bonds is 5. The van der Waals surface area contributed by atoms with Crippen LogP contribution in [0, 0.1) is 5.92 Å². The van der Waals surface area contributed by atoms with Crippen LogP contribution < -0.4 is 10.1 Å². The van der Waals surface area contributed by atoms with E-state index in [-0.39, 0.29) is 24.0 Å². The van der Waals surface area contributed by atoms with Crippen molar-refractivity contribution in [1.82, 2.24) is 10.5 Å². The lowest BCUT2D eigenvalue weighted by Crippen LogP contribution is -2.31. The summed E-state index contributed by atoms with van der Waals surface area (Å²) < 4.78 is 33.3. The first-order valence-corrected chi connectivity index (χ1v) is 9.37. The zero-order valence-electron chi connectivity index (χ0n) is 13.2. The summed E-state index contributed by atoms with van der Waals surface area (Å²) in [6.45, 7) is 0.197. The average Bonchev–Trinajstić information content (AvgIpc) is 3.19. The molecule has 3 rings (SSSR count). The van der Waals surface area contributed by atoms with Gasteiger partial charge in [0.15, 0.2) is 15.6 Å². The highest BCUT2D eigenvalue weighted by atomic mass is 32.2. The number of sulfone groups is 1. The second-order valence-corrected chi connectivity index (χ2v) is 7.96. The third kappa shape index (κ3) is 3.76. The summed E-state index contributed by atoms with van der Waals surface area (Å²) in [6.07, 6.45) is 0.377. The molecule has 0 radical (unpaired) electrons. The molecule has 7 nitrogen and oxygen atoms in total. The molecule has 0 spiro atoms. The molecule has 24 heavy (non-hydrogen) atoms. The van der Waals surface area contributed by atoms with Gasteiger partial charge in [0.25, 0.3) is 0 Å². The lowest BCUT2D eigenvalue weighted by molar-refractivity contribution is -0.124. The van der Waals surface area contributed by atoms with Gasteiger partial charge in [0.1, 0.15) is 11.4 Å². The molecule has 0 bridgehead atoms. The van der Waals surface area contributed by atoms with Gasteiger partial charge in [0.05, 0.1) is 31.1 Å². The quantitative estimate of drug-likeness (QED) is 0.875. The summed E-state index contributed by atoms with van der Waals surface area (Å²) in [7, 11) is -1.48. The van der Waals surface area contributed by atoms with Crippen LogP contribution in [0.1, 0.15) is 12.1 Å². The van der Waals surface area contributed by atoms with Gasteiger partial charge in [-0.25, -0.2) is 8.42 Å². The van der Waals surface area contributed by atoms with Crippen LogP contribution in [0.3, 0.4) is 0 Å². The largest absolute Gasteiger partial charge is 0.497 e. The number of carbonyl (C=O) groups is 1. The summed E-state index contributed by atoms with van der Waals surface area (Å²) in [4.78, 5) is 12.0. The fourth-order valence-corrected chi connectivity index (χ4v) is 4.37. The fraction of sp³-hybridized carbons (Fsp3) is 0.375. The lowest BCUT2D eigenvalue weighted by atomic mass is 10.1. The molecule has 0 aliphatic carbocycles. The maximum Gasteiger partial charge on any atom is 0.224 e. The van der Waals surface area contributed by atoms with E-state index in [0.717, 1.165) is 5.56 Å². The van der Waals surface area contributed by atoms with Crippen molar-refractivity contribution in [1.29, 1.82) is 0 Å². The highest BCUT2D eigenvalue weighted by Crippen LogP contribution is 2.24. The molecule has 1 saturated heterocycles. The van der Waals surface area contributed by atoms with Crippen LogP contribution in [-0.2, 0) is 21.2 Å². The fourth-order valence-electron chi connectivity index (χ4n) is 2.63. The van der Waals surface area contributed by atoms with Crippen molar-refractivity contribution in [2.24, 2.45) is 5.92 Å². The summed E-state index contributed by atoms with van der Waals surface area (Å²) in [5.74, 6) is 0.548. The van der Waals surface area contributed by atoms with E-state index in [1.165, 1.54) is 0 Å². The number of hydrogen-bond acceptors (Lipinski definition) is 6. The Kier molecular flexibility index (Phi) is 4.57. The zero-order chi connectivity index (χ0) is 17.2. The predicted molar refractivity (Wildman–Crippen MR) is 87.1 cm³/mol. The van der Waals surface area contributed by atoms with Gasteiger partial charge >= 0.3 is 0 Å². The van der Waals surface area contributed by atoms with Crippen molar-refractivity contribution >= 4 is 15.7 Å². The van der Waals surface area contributed by atoms with Crippen LogP contribution in [0.4, 0.5) is 0 Å². The van der Waals surface area contributed by atoms with E-state index in [4.69, 9.17) is 9.26 Å². The molecule has 1 aromatic carbocycles. The number of nitrogens with one attached hydrogen (secondary N) is 1. The molecule has 1 atom stereocenters. The number of carbonyl (C=O) groups excluding carboxylic acids is 1. The topological polar surface area (TPSA) is 98.5 Å². The zero-order valence-corrected chi connectivity index (χ0v) is 14.0. The monoisotopic (exact) mass is 350 g/mol. The van der Waals surface area contributed by atoms with Crippen molar-refractivity contribution in [3.63, 3.8) is 0 Å². The van der Waals surface area contributed by atoms with E-state index in [9.17, 15) is 13.2 Å². The number of aromatic nitrogens is 1. The van der Waals surface area contributed by atoms with Crippen LogP contribution in [-0.4, -0.2) is 38.1 Å². The van der Waals surface area contributed by atoms with Gasteiger partial charge in [-0.15, -0.1) is 0 Å². The van der Waals surface area contributed by atoms with Gasteiger partial charge < -0.3 is 14.6 Å². The molecule has 0 unspecified atom stereocenters. The number of amides is 1. The molecule has 2 aromatic rings. The first-order chi connectivity index (χ1) is 11.5. The minimum absolute atomic E-state index is 0.0767. The maximum absolute atomic E-state index is 12.0. The first-order valence-electron chi connectivity index (χ1n) is 7.55. The summed E-state index contributed by atoms with van der Waals surface area (Å²) in [5.41, 5.74) is 1.39. The van der Waals surface area contributed by atoms with Crippen LogP contribution in [0.25, 0.3) is 11.3 Å². The molecule has 1 amide bonds. The van der Waals surface area contributed by atoms with Crippen LogP contribution in [0.15, 0.2) is 34.9 Å². The van der Waals surface area contributed by atoms with E-state index < -0.39 is 15.8 Å². The highest BCUT2D eigenvalue weighted by molar-refractivity contribution is 7.91. The number of hydrogen-bond donors (Lipinski definition) is 1. The van der Waals surface area contributed by atoms with Gasteiger partial charge in [-0.05, 0) is 18.6 Å². The molecule has 1 fully saturated rings. The second kappa shape index (κ2) is 6.64. The summed E-state index contributed by atoms with van der Waals surface area (Å²) in [6, 6.07) is 9.11.